The Morgan fingerprint density at radius 1 is 1.21 bits per heavy atom. The number of carbonyl (C=O) groups excluding carboxylic acids is 1. The summed E-state index contributed by atoms with van der Waals surface area (Å²) in [6.07, 6.45) is 2.45. The number of hydrogen-bond donors (Lipinski definition) is 3. The lowest BCUT2D eigenvalue weighted by Crippen LogP contribution is -2.37. The summed E-state index contributed by atoms with van der Waals surface area (Å²) in [5.41, 5.74) is 1.43. The molecule has 2 amide bonds. The van der Waals surface area contributed by atoms with Crippen LogP contribution in [-0.2, 0) is 4.74 Å². The fourth-order valence-corrected chi connectivity index (χ4v) is 1.91. The highest BCUT2D eigenvalue weighted by Gasteiger charge is 2.08. The van der Waals surface area contributed by atoms with Crippen LogP contribution in [0, 0.1) is 5.92 Å². The highest BCUT2D eigenvalue weighted by Crippen LogP contribution is 2.11. The molecule has 0 aliphatic heterocycles. The molecule has 0 radical (unpaired) electrons. The third kappa shape index (κ3) is 5.98. The smallest absolute Gasteiger partial charge is 0.319 e. The van der Waals surface area contributed by atoms with Crippen LogP contribution in [-0.4, -0.2) is 52.0 Å². The van der Waals surface area contributed by atoms with Gasteiger partial charge in [-0.1, -0.05) is 13.8 Å². The van der Waals surface area contributed by atoms with Crippen molar-refractivity contribution >= 4 is 11.7 Å². The van der Waals surface area contributed by atoms with Crippen molar-refractivity contribution in [1.82, 2.24) is 20.3 Å². The van der Waals surface area contributed by atoms with Crippen molar-refractivity contribution in [3.8, 4) is 5.69 Å². The van der Waals surface area contributed by atoms with Crippen molar-refractivity contribution in [3.05, 3.63) is 36.7 Å². The van der Waals surface area contributed by atoms with Crippen molar-refractivity contribution in [2.45, 2.75) is 20.0 Å². The quantitative estimate of drug-likeness (QED) is 0.678. The van der Waals surface area contributed by atoms with Gasteiger partial charge in [-0.15, -0.1) is 0 Å². The lowest BCUT2D eigenvalue weighted by molar-refractivity contribution is 0.0274. The van der Waals surface area contributed by atoms with E-state index in [9.17, 15) is 9.90 Å². The molecule has 1 atom stereocenters. The maximum Gasteiger partial charge on any atom is 0.319 e. The van der Waals surface area contributed by atoms with Crippen molar-refractivity contribution in [3.63, 3.8) is 0 Å². The summed E-state index contributed by atoms with van der Waals surface area (Å²) < 4.78 is 5.32. The van der Waals surface area contributed by atoms with Gasteiger partial charge in [0.05, 0.1) is 30.8 Å². The van der Waals surface area contributed by atoms with Gasteiger partial charge in [-0.25, -0.2) is 4.79 Å². The second-order valence-electron chi connectivity index (χ2n) is 5.79. The molecule has 2 rings (SSSR count). The van der Waals surface area contributed by atoms with E-state index in [2.05, 4.69) is 20.8 Å². The van der Waals surface area contributed by atoms with E-state index in [1.165, 1.54) is 4.80 Å². The molecular formula is C16H23N5O3. The predicted molar refractivity (Wildman–Crippen MR) is 90.0 cm³/mol. The summed E-state index contributed by atoms with van der Waals surface area (Å²) in [5, 5.41) is 23.1. The Kier molecular flexibility index (Phi) is 6.71. The fraction of sp³-hybridized carbons (Fsp3) is 0.438. The molecule has 0 fully saturated rings. The van der Waals surface area contributed by atoms with E-state index in [0.717, 1.165) is 5.69 Å². The number of ether oxygens (including phenoxy) is 1. The molecule has 0 saturated heterocycles. The molecule has 1 heterocycles. The summed E-state index contributed by atoms with van der Waals surface area (Å²) in [7, 11) is 0. The van der Waals surface area contributed by atoms with Gasteiger partial charge in [0, 0.05) is 18.8 Å². The first-order chi connectivity index (χ1) is 11.5. The minimum Gasteiger partial charge on any atom is -0.389 e. The zero-order chi connectivity index (χ0) is 17.4. The first kappa shape index (κ1) is 17.9. The average Bonchev–Trinajstić information content (AvgIpc) is 3.08. The molecule has 0 spiro atoms. The van der Waals surface area contributed by atoms with Crippen molar-refractivity contribution in [1.29, 1.82) is 0 Å². The lowest BCUT2D eigenvalue weighted by Gasteiger charge is -2.14. The van der Waals surface area contributed by atoms with Crippen LogP contribution < -0.4 is 10.6 Å². The van der Waals surface area contributed by atoms with Gasteiger partial charge in [-0.3, -0.25) is 0 Å². The van der Waals surface area contributed by atoms with E-state index >= 15 is 0 Å². The third-order valence-electron chi connectivity index (χ3n) is 3.03. The van der Waals surface area contributed by atoms with Gasteiger partial charge in [-0.2, -0.15) is 15.0 Å². The Balaban J connectivity index is 1.72. The number of rotatable bonds is 8. The fourth-order valence-electron chi connectivity index (χ4n) is 1.91. The monoisotopic (exact) mass is 333 g/mol. The summed E-state index contributed by atoms with van der Waals surface area (Å²) in [6, 6.07) is 6.71. The number of aliphatic hydroxyl groups is 1. The third-order valence-corrected chi connectivity index (χ3v) is 3.03. The molecule has 1 aromatic heterocycles. The van der Waals surface area contributed by atoms with Gasteiger partial charge in [0.2, 0.25) is 0 Å². The van der Waals surface area contributed by atoms with Crippen LogP contribution >= 0.6 is 0 Å². The minimum absolute atomic E-state index is 0.124. The van der Waals surface area contributed by atoms with Gasteiger partial charge in [0.15, 0.2) is 0 Å². The molecule has 1 unspecified atom stereocenters. The lowest BCUT2D eigenvalue weighted by atomic mass is 10.2. The van der Waals surface area contributed by atoms with E-state index in [1.807, 2.05) is 13.8 Å². The number of benzene rings is 1. The number of nitrogens with one attached hydrogen (secondary N) is 2. The van der Waals surface area contributed by atoms with Crippen LogP contribution in [0.4, 0.5) is 10.5 Å². The van der Waals surface area contributed by atoms with Crippen LogP contribution in [0.1, 0.15) is 13.8 Å². The van der Waals surface area contributed by atoms with E-state index in [-0.39, 0.29) is 19.2 Å². The predicted octanol–water partition coefficient (Wildman–Crippen LogP) is 1.42. The second-order valence-corrected chi connectivity index (χ2v) is 5.79. The van der Waals surface area contributed by atoms with Gasteiger partial charge < -0.3 is 20.5 Å². The van der Waals surface area contributed by atoms with E-state index < -0.39 is 6.10 Å². The molecule has 8 heteroatoms. The Morgan fingerprint density at radius 3 is 2.50 bits per heavy atom. The molecule has 1 aromatic carbocycles. The molecule has 130 valence electrons. The Bertz CT molecular complexity index is 613. The molecule has 3 N–H and O–H groups in total. The zero-order valence-corrected chi connectivity index (χ0v) is 13.8. The Hall–Kier alpha value is -2.45. The number of urea groups is 1. The maximum absolute atomic E-state index is 11.8. The normalized spacial score (nSPS) is 12.2. The number of aliphatic hydroxyl groups excluding tert-OH is 1. The number of carbonyl (C=O) groups is 1. The van der Waals surface area contributed by atoms with Crippen LogP contribution in [0.5, 0.6) is 0 Å². The first-order valence-electron chi connectivity index (χ1n) is 7.82. The first-order valence-corrected chi connectivity index (χ1v) is 7.82. The van der Waals surface area contributed by atoms with Crippen LogP contribution in [0.15, 0.2) is 36.7 Å². The molecular weight excluding hydrogens is 310 g/mol. The van der Waals surface area contributed by atoms with Crippen molar-refractivity contribution < 1.29 is 14.6 Å². The van der Waals surface area contributed by atoms with Gasteiger partial charge in [0.25, 0.3) is 0 Å². The maximum atomic E-state index is 11.8. The molecule has 24 heavy (non-hydrogen) atoms. The van der Waals surface area contributed by atoms with E-state index in [0.29, 0.717) is 18.2 Å². The number of hydrogen-bond acceptors (Lipinski definition) is 5. The molecule has 2 aromatic rings. The van der Waals surface area contributed by atoms with Gasteiger partial charge in [-0.05, 0) is 30.2 Å². The second kappa shape index (κ2) is 8.99. The van der Waals surface area contributed by atoms with Crippen LogP contribution in [0.25, 0.3) is 5.69 Å². The molecule has 0 aliphatic rings. The number of aromatic nitrogens is 3. The average molecular weight is 333 g/mol. The standard InChI is InChI=1S/C16H23N5O3/c1-12(2)10-24-11-15(22)9-17-16(23)20-13-3-5-14(6-4-13)21-18-7-8-19-21/h3-8,12,15,22H,9-11H2,1-2H3,(H2,17,20,23). The SMILES string of the molecule is CC(C)COCC(O)CNC(=O)Nc1ccc(-n2nccn2)cc1. The van der Waals surface area contributed by atoms with Crippen molar-refractivity contribution in [2.75, 3.05) is 25.1 Å². The van der Waals surface area contributed by atoms with E-state index in [1.54, 1.807) is 36.7 Å². The number of anilines is 1. The zero-order valence-electron chi connectivity index (χ0n) is 13.8. The number of amides is 2. The molecule has 0 aliphatic carbocycles. The minimum atomic E-state index is -0.734. The summed E-state index contributed by atoms with van der Waals surface area (Å²) in [5.74, 6) is 0.411. The van der Waals surface area contributed by atoms with Gasteiger partial charge >= 0.3 is 6.03 Å². The highest BCUT2D eigenvalue weighted by atomic mass is 16.5. The molecule has 0 saturated carbocycles. The molecule has 8 nitrogen and oxygen atoms in total. The largest absolute Gasteiger partial charge is 0.389 e. The summed E-state index contributed by atoms with van der Waals surface area (Å²) >= 11 is 0. The molecule has 0 bridgehead atoms. The van der Waals surface area contributed by atoms with Gasteiger partial charge in [0.1, 0.15) is 0 Å². The van der Waals surface area contributed by atoms with E-state index in [4.69, 9.17) is 4.74 Å². The summed E-state index contributed by atoms with van der Waals surface area (Å²) in [6.45, 7) is 4.97. The van der Waals surface area contributed by atoms with Crippen molar-refractivity contribution in [2.24, 2.45) is 5.92 Å². The van der Waals surface area contributed by atoms with Crippen LogP contribution in [0.3, 0.4) is 0 Å². The summed E-state index contributed by atoms with van der Waals surface area (Å²) in [4.78, 5) is 13.3. The Morgan fingerprint density at radius 2 is 1.88 bits per heavy atom. The Labute approximate surface area is 140 Å². The van der Waals surface area contributed by atoms with Crippen LogP contribution in [0.2, 0.25) is 0 Å². The highest BCUT2D eigenvalue weighted by molar-refractivity contribution is 5.89. The number of nitrogens with zero attached hydrogens (tertiary/aromatic N) is 3. The topological polar surface area (TPSA) is 101 Å².